The van der Waals surface area contributed by atoms with Gasteiger partial charge in [0.25, 0.3) is 5.69 Å². The maximum Gasteiger partial charge on any atom is 0.339 e. The van der Waals surface area contributed by atoms with Gasteiger partial charge in [0.2, 0.25) is 0 Å². The minimum Gasteiger partial charge on any atom is -0.457 e. The van der Waals surface area contributed by atoms with Gasteiger partial charge in [0.1, 0.15) is 12.2 Å². The summed E-state index contributed by atoms with van der Waals surface area (Å²) in [5.74, 6) is -0.498. The van der Waals surface area contributed by atoms with Crippen molar-refractivity contribution in [1.82, 2.24) is 4.98 Å². The van der Waals surface area contributed by atoms with Crippen molar-refractivity contribution >= 4 is 45.2 Å². The van der Waals surface area contributed by atoms with Crippen molar-refractivity contribution in [3.05, 3.63) is 126 Å². The van der Waals surface area contributed by atoms with Gasteiger partial charge in [-0.05, 0) is 73.1 Å². The van der Waals surface area contributed by atoms with E-state index in [0.717, 1.165) is 40.5 Å². The number of nitrogens with zero attached hydrogens (tertiary/aromatic N) is 2. The Labute approximate surface area is 235 Å². The second-order valence-corrected chi connectivity index (χ2v) is 10.3. The van der Waals surface area contributed by atoms with Gasteiger partial charge in [-0.15, -0.1) is 0 Å². The number of benzene rings is 3. The number of rotatable bonds is 5. The van der Waals surface area contributed by atoms with Gasteiger partial charge in [0.15, 0.2) is 0 Å². The standard InChI is InChI=1S/C33H26N2O6/c1-19-13-14-25-23(17-29(36)41-32(25)20(19)2)18-40-33(37)30-26-10-3-4-12-28(26)34-31-22(8-6-11-27(30)31)15-21-7-5-9-24(16-21)35(38)39/h3-5,7,9-10,12-17H,6,8,11,18H2,1-2H3. The van der Waals surface area contributed by atoms with Crippen molar-refractivity contribution in [2.75, 3.05) is 0 Å². The number of nitro benzene ring substituents is 1. The molecule has 0 radical (unpaired) electrons. The first-order valence-electron chi connectivity index (χ1n) is 13.4. The maximum atomic E-state index is 13.8. The Morgan fingerprint density at radius 2 is 1.88 bits per heavy atom. The number of carbonyl (C=O) groups is 1. The summed E-state index contributed by atoms with van der Waals surface area (Å²) >= 11 is 0. The third kappa shape index (κ3) is 4.89. The van der Waals surface area contributed by atoms with Crippen LogP contribution in [-0.4, -0.2) is 15.9 Å². The Kier molecular flexibility index (Phi) is 6.67. The van der Waals surface area contributed by atoms with Gasteiger partial charge in [-0.3, -0.25) is 10.1 Å². The van der Waals surface area contributed by atoms with Gasteiger partial charge >= 0.3 is 11.6 Å². The van der Waals surface area contributed by atoms with Crippen molar-refractivity contribution in [1.29, 1.82) is 0 Å². The number of esters is 1. The lowest BCUT2D eigenvalue weighted by Gasteiger charge is -2.22. The van der Waals surface area contributed by atoms with E-state index in [1.807, 2.05) is 62.4 Å². The molecule has 0 saturated heterocycles. The van der Waals surface area contributed by atoms with Crippen molar-refractivity contribution < 1.29 is 18.9 Å². The second kappa shape index (κ2) is 10.5. The van der Waals surface area contributed by atoms with Crippen LogP contribution in [0.2, 0.25) is 0 Å². The number of hydrogen-bond acceptors (Lipinski definition) is 7. The largest absolute Gasteiger partial charge is 0.457 e. The van der Waals surface area contributed by atoms with E-state index in [2.05, 4.69) is 0 Å². The number of aromatic nitrogens is 1. The van der Waals surface area contributed by atoms with Crippen LogP contribution in [-0.2, 0) is 17.8 Å². The van der Waals surface area contributed by atoms with E-state index in [9.17, 15) is 19.7 Å². The Morgan fingerprint density at radius 1 is 1.05 bits per heavy atom. The van der Waals surface area contributed by atoms with Crippen LogP contribution in [0.25, 0.3) is 33.5 Å². The van der Waals surface area contributed by atoms with E-state index >= 15 is 0 Å². The molecule has 8 heteroatoms. The Hall–Kier alpha value is -5.11. The molecule has 1 aliphatic carbocycles. The van der Waals surface area contributed by atoms with Gasteiger partial charge in [-0.25, -0.2) is 14.6 Å². The third-order valence-electron chi connectivity index (χ3n) is 7.67. The molecule has 0 spiro atoms. The monoisotopic (exact) mass is 546 g/mol. The van der Waals surface area contributed by atoms with Crippen LogP contribution >= 0.6 is 0 Å². The minimum atomic E-state index is -0.500. The van der Waals surface area contributed by atoms with Crippen molar-refractivity contribution in [3.8, 4) is 0 Å². The second-order valence-electron chi connectivity index (χ2n) is 10.3. The number of nitro groups is 1. The van der Waals surface area contributed by atoms with Crippen molar-refractivity contribution in [2.45, 2.75) is 39.7 Å². The summed E-state index contributed by atoms with van der Waals surface area (Å²) < 4.78 is 11.3. The fourth-order valence-electron chi connectivity index (χ4n) is 5.50. The number of allylic oxidation sites excluding steroid dienone is 1. The normalized spacial score (nSPS) is 13.9. The fraction of sp³-hybridized carbons (Fsp3) is 0.182. The van der Waals surface area contributed by atoms with Crippen LogP contribution in [0.4, 0.5) is 5.69 Å². The highest BCUT2D eigenvalue weighted by Gasteiger charge is 2.26. The summed E-state index contributed by atoms with van der Waals surface area (Å²) in [5, 5.41) is 12.7. The maximum absolute atomic E-state index is 13.8. The molecule has 0 unspecified atom stereocenters. The molecule has 0 aliphatic heterocycles. The number of carbonyl (C=O) groups excluding carboxylic acids is 1. The zero-order chi connectivity index (χ0) is 28.7. The molecule has 0 amide bonds. The molecule has 2 aromatic heterocycles. The Balaban J connectivity index is 1.42. The van der Waals surface area contributed by atoms with E-state index in [1.54, 1.807) is 6.07 Å². The van der Waals surface area contributed by atoms with E-state index in [-0.39, 0.29) is 12.3 Å². The zero-order valence-electron chi connectivity index (χ0n) is 22.6. The van der Waals surface area contributed by atoms with Gasteiger partial charge in [0, 0.05) is 34.5 Å². The van der Waals surface area contributed by atoms with Crippen LogP contribution in [0, 0.1) is 24.0 Å². The molecule has 0 atom stereocenters. The first kappa shape index (κ1) is 26.1. The minimum absolute atomic E-state index is 0.0129. The predicted octanol–water partition coefficient (Wildman–Crippen LogP) is 7.10. The van der Waals surface area contributed by atoms with Crippen LogP contribution in [0.5, 0.6) is 0 Å². The summed E-state index contributed by atoms with van der Waals surface area (Å²) in [6, 6.07) is 19.1. The smallest absolute Gasteiger partial charge is 0.339 e. The molecule has 1 aliphatic rings. The Bertz CT molecular complexity index is 1970. The molecule has 204 valence electrons. The van der Waals surface area contributed by atoms with Crippen LogP contribution in [0.15, 0.2) is 75.9 Å². The first-order chi connectivity index (χ1) is 19.8. The highest BCUT2D eigenvalue weighted by molar-refractivity contribution is 6.06. The molecular weight excluding hydrogens is 520 g/mol. The van der Waals surface area contributed by atoms with Crippen LogP contribution < -0.4 is 5.63 Å². The van der Waals surface area contributed by atoms with Crippen molar-refractivity contribution in [2.24, 2.45) is 0 Å². The number of hydrogen-bond donors (Lipinski definition) is 0. The summed E-state index contributed by atoms with van der Waals surface area (Å²) in [5.41, 5.74) is 6.65. The molecular formula is C33H26N2O6. The number of fused-ring (bicyclic) bond motifs is 3. The molecule has 3 aromatic carbocycles. The topological polar surface area (TPSA) is 113 Å². The van der Waals surface area contributed by atoms with E-state index in [1.165, 1.54) is 18.2 Å². The number of para-hydroxylation sites is 1. The summed E-state index contributed by atoms with van der Waals surface area (Å²) in [6.45, 7) is 3.75. The molecule has 8 nitrogen and oxygen atoms in total. The van der Waals surface area contributed by atoms with Gasteiger partial charge in [-0.1, -0.05) is 42.5 Å². The average molecular weight is 547 g/mol. The molecule has 6 rings (SSSR count). The number of aryl methyl sites for hydroxylation is 2. The lowest BCUT2D eigenvalue weighted by Crippen LogP contribution is -2.16. The Morgan fingerprint density at radius 3 is 2.71 bits per heavy atom. The van der Waals surface area contributed by atoms with E-state index in [0.29, 0.717) is 45.3 Å². The molecule has 0 N–H and O–H groups in total. The average Bonchev–Trinajstić information content (AvgIpc) is 2.97. The lowest BCUT2D eigenvalue weighted by atomic mass is 9.86. The molecule has 0 bridgehead atoms. The summed E-state index contributed by atoms with van der Waals surface area (Å²) in [7, 11) is 0. The zero-order valence-corrected chi connectivity index (χ0v) is 22.6. The number of ether oxygens (including phenoxy) is 1. The summed E-state index contributed by atoms with van der Waals surface area (Å²) in [4.78, 5) is 41.9. The number of non-ortho nitro benzene ring substituents is 1. The SMILES string of the molecule is Cc1ccc2c(COC(=O)c3c4c(nc5ccccc35)C(=Cc3cccc([N+](=O)[O-])c3)CCC4)cc(=O)oc2c1C. The molecule has 2 heterocycles. The highest BCUT2D eigenvalue weighted by atomic mass is 16.6. The third-order valence-corrected chi connectivity index (χ3v) is 7.67. The van der Waals surface area contributed by atoms with Gasteiger partial charge in [-0.2, -0.15) is 0 Å². The molecule has 0 saturated carbocycles. The number of pyridine rings is 1. The molecule has 0 fully saturated rings. The van der Waals surface area contributed by atoms with Crippen molar-refractivity contribution in [3.63, 3.8) is 0 Å². The van der Waals surface area contributed by atoms with E-state index < -0.39 is 16.5 Å². The highest BCUT2D eigenvalue weighted by Crippen LogP contribution is 2.37. The molecule has 5 aromatic rings. The first-order valence-corrected chi connectivity index (χ1v) is 13.4. The van der Waals surface area contributed by atoms with E-state index in [4.69, 9.17) is 14.1 Å². The van der Waals surface area contributed by atoms with Crippen LogP contribution in [0.1, 0.15) is 56.7 Å². The van der Waals surface area contributed by atoms with Crippen LogP contribution in [0.3, 0.4) is 0 Å². The van der Waals surface area contributed by atoms with Gasteiger partial charge < -0.3 is 9.15 Å². The molecule has 41 heavy (non-hydrogen) atoms. The quantitative estimate of drug-likeness (QED) is 0.1000. The summed E-state index contributed by atoms with van der Waals surface area (Å²) in [6.07, 6.45) is 4.05. The lowest BCUT2D eigenvalue weighted by molar-refractivity contribution is -0.384. The predicted molar refractivity (Wildman–Crippen MR) is 157 cm³/mol. The van der Waals surface area contributed by atoms with Gasteiger partial charge in [0.05, 0.1) is 21.7 Å². The fourth-order valence-corrected chi connectivity index (χ4v) is 5.50.